The Hall–Kier alpha value is -1.46. The zero-order valence-electron chi connectivity index (χ0n) is 11.7. The number of fused-ring (bicyclic) bond motifs is 1. The van der Waals surface area contributed by atoms with Crippen molar-refractivity contribution in [2.24, 2.45) is 0 Å². The van der Waals surface area contributed by atoms with E-state index in [1.54, 1.807) is 11.8 Å². The number of thioether (sulfide) groups is 1. The number of ether oxygens (including phenoxy) is 1. The zero-order chi connectivity index (χ0) is 14.1. The van der Waals surface area contributed by atoms with Crippen LogP contribution in [0.25, 0.3) is 11.3 Å². The van der Waals surface area contributed by atoms with Crippen LogP contribution in [0.15, 0.2) is 29.4 Å². The highest BCUT2D eigenvalue weighted by Crippen LogP contribution is 2.33. The predicted octanol–water partition coefficient (Wildman–Crippen LogP) is 2.94. The third kappa shape index (κ3) is 2.43. The van der Waals surface area contributed by atoms with Crippen molar-refractivity contribution in [3.05, 3.63) is 30.0 Å². The molecule has 1 aliphatic heterocycles. The summed E-state index contributed by atoms with van der Waals surface area (Å²) in [6, 6.07) is 7.90. The lowest BCUT2D eigenvalue weighted by molar-refractivity contribution is 0.242. The van der Waals surface area contributed by atoms with Crippen LogP contribution in [0.5, 0.6) is 5.75 Å². The highest BCUT2D eigenvalue weighted by atomic mass is 32.2. The largest absolute Gasteiger partial charge is 0.491 e. The van der Waals surface area contributed by atoms with E-state index in [9.17, 15) is 5.11 Å². The molecular weight excluding hydrogens is 272 g/mol. The van der Waals surface area contributed by atoms with E-state index in [0.717, 1.165) is 40.2 Å². The number of benzene rings is 1. The molecular formula is C15H18N2O2S. The quantitative estimate of drug-likeness (QED) is 0.940. The highest BCUT2D eigenvalue weighted by molar-refractivity contribution is 7.99. The van der Waals surface area contributed by atoms with Gasteiger partial charge in [0.2, 0.25) is 0 Å². The molecule has 0 unspecified atom stereocenters. The minimum Gasteiger partial charge on any atom is -0.491 e. The fraction of sp³-hybridized carbons (Fsp3) is 0.400. The fourth-order valence-electron chi connectivity index (χ4n) is 2.39. The lowest BCUT2D eigenvalue weighted by atomic mass is 10.1. The van der Waals surface area contributed by atoms with Crippen LogP contribution in [0.4, 0.5) is 0 Å². The van der Waals surface area contributed by atoms with Crippen LogP contribution in [-0.2, 0) is 13.2 Å². The Kier molecular flexibility index (Phi) is 3.72. The van der Waals surface area contributed by atoms with Gasteiger partial charge >= 0.3 is 0 Å². The molecule has 106 valence electrons. The van der Waals surface area contributed by atoms with Crippen molar-refractivity contribution in [2.45, 2.75) is 38.3 Å². The summed E-state index contributed by atoms with van der Waals surface area (Å²) in [4.78, 5) is 4.65. The number of nitrogens with zero attached hydrogens (tertiary/aromatic N) is 2. The molecule has 2 aromatic rings. The molecule has 5 heteroatoms. The van der Waals surface area contributed by atoms with E-state index >= 15 is 0 Å². The van der Waals surface area contributed by atoms with Crippen LogP contribution in [0, 0.1) is 0 Å². The predicted molar refractivity (Wildman–Crippen MR) is 80.1 cm³/mol. The summed E-state index contributed by atoms with van der Waals surface area (Å²) in [5, 5.41) is 10.6. The van der Waals surface area contributed by atoms with Crippen LogP contribution in [0.1, 0.15) is 19.5 Å². The summed E-state index contributed by atoms with van der Waals surface area (Å²) in [7, 11) is 0. The summed E-state index contributed by atoms with van der Waals surface area (Å²) in [5.74, 6) is 1.90. The molecule has 0 bridgehead atoms. The summed E-state index contributed by atoms with van der Waals surface area (Å²) in [6.07, 6.45) is 0.168. The van der Waals surface area contributed by atoms with Crippen molar-refractivity contribution in [1.29, 1.82) is 0 Å². The summed E-state index contributed by atoms with van der Waals surface area (Å²) in [5.41, 5.74) is 2.81. The van der Waals surface area contributed by atoms with Gasteiger partial charge in [-0.25, -0.2) is 4.98 Å². The van der Waals surface area contributed by atoms with Gasteiger partial charge in [-0.1, -0.05) is 11.8 Å². The fourth-order valence-corrected chi connectivity index (χ4v) is 3.36. The third-order valence-corrected chi connectivity index (χ3v) is 4.19. The number of imidazole rings is 1. The Labute approximate surface area is 122 Å². The molecule has 2 heterocycles. The van der Waals surface area contributed by atoms with Gasteiger partial charge in [0.15, 0.2) is 5.16 Å². The van der Waals surface area contributed by atoms with Gasteiger partial charge in [0.25, 0.3) is 0 Å². The van der Waals surface area contributed by atoms with E-state index in [-0.39, 0.29) is 12.7 Å². The van der Waals surface area contributed by atoms with Gasteiger partial charge in [0.05, 0.1) is 24.1 Å². The SMILES string of the molecule is CC(C)Oc1ccc(-c2nc3n(c2CO)CCS3)cc1. The lowest BCUT2D eigenvalue weighted by Gasteiger charge is -2.10. The van der Waals surface area contributed by atoms with E-state index in [1.165, 1.54) is 0 Å². The molecule has 0 fully saturated rings. The second-order valence-electron chi connectivity index (χ2n) is 5.04. The molecule has 0 atom stereocenters. The zero-order valence-corrected chi connectivity index (χ0v) is 12.5. The second kappa shape index (κ2) is 5.50. The first-order valence-electron chi connectivity index (χ1n) is 6.79. The van der Waals surface area contributed by atoms with Crippen molar-refractivity contribution in [3.8, 4) is 17.0 Å². The highest BCUT2D eigenvalue weighted by Gasteiger charge is 2.21. The van der Waals surface area contributed by atoms with Gasteiger partial charge in [0, 0.05) is 17.9 Å². The number of aromatic nitrogens is 2. The van der Waals surface area contributed by atoms with E-state index in [2.05, 4.69) is 9.55 Å². The van der Waals surface area contributed by atoms with Crippen molar-refractivity contribution < 1.29 is 9.84 Å². The van der Waals surface area contributed by atoms with E-state index in [1.807, 2.05) is 38.1 Å². The minimum atomic E-state index is 0.0210. The first kappa shape index (κ1) is 13.5. The van der Waals surface area contributed by atoms with Crippen LogP contribution in [0.3, 0.4) is 0 Å². The monoisotopic (exact) mass is 290 g/mol. The Morgan fingerprint density at radius 2 is 2.10 bits per heavy atom. The Morgan fingerprint density at radius 3 is 2.75 bits per heavy atom. The van der Waals surface area contributed by atoms with Gasteiger partial charge in [0.1, 0.15) is 5.75 Å². The molecule has 20 heavy (non-hydrogen) atoms. The maximum atomic E-state index is 9.61. The number of aliphatic hydroxyl groups is 1. The maximum Gasteiger partial charge on any atom is 0.168 e. The molecule has 3 rings (SSSR count). The Balaban J connectivity index is 1.93. The molecule has 1 N–H and O–H groups in total. The van der Waals surface area contributed by atoms with E-state index in [4.69, 9.17) is 4.74 Å². The first-order valence-corrected chi connectivity index (χ1v) is 7.77. The topological polar surface area (TPSA) is 47.3 Å². The normalized spacial score (nSPS) is 13.8. The van der Waals surface area contributed by atoms with E-state index < -0.39 is 0 Å². The van der Waals surface area contributed by atoms with Crippen LogP contribution in [-0.4, -0.2) is 26.5 Å². The maximum absolute atomic E-state index is 9.61. The summed E-state index contributed by atoms with van der Waals surface area (Å²) >= 11 is 1.74. The van der Waals surface area contributed by atoms with Gasteiger partial charge in [-0.15, -0.1) is 0 Å². The van der Waals surface area contributed by atoms with Crippen LogP contribution >= 0.6 is 11.8 Å². The van der Waals surface area contributed by atoms with Crippen LogP contribution in [0.2, 0.25) is 0 Å². The second-order valence-corrected chi connectivity index (χ2v) is 6.10. The molecule has 0 radical (unpaired) electrons. The number of hydrogen-bond donors (Lipinski definition) is 1. The van der Waals surface area contributed by atoms with Gasteiger partial charge in [-0.05, 0) is 38.1 Å². The average Bonchev–Trinajstić information content (AvgIpc) is 2.98. The van der Waals surface area contributed by atoms with Crippen molar-refractivity contribution in [3.63, 3.8) is 0 Å². The van der Waals surface area contributed by atoms with Crippen molar-refractivity contribution >= 4 is 11.8 Å². The molecule has 0 saturated carbocycles. The molecule has 0 saturated heterocycles. The smallest absolute Gasteiger partial charge is 0.168 e. The van der Waals surface area contributed by atoms with E-state index in [0.29, 0.717) is 0 Å². The molecule has 1 aliphatic rings. The molecule has 4 nitrogen and oxygen atoms in total. The summed E-state index contributed by atoms with van der Waals surface area (Å²) < 4.78 is 7.75. The average molecular weight is 290 g/mol. The van der Waals surface area contributed by atoms with Gasteiger partial charge in [-0.3, -0.25) is 0 Å². The van der Waals surface area contributed by atoms with Crippen molar-refractivity contribution in [2.75, 3.05) is 5.75 Å². The van der Waals surface area contributed by atoms with Gasteiger partial charge < -0.3 is 14.4 Å². The van der Waals surface area contributed by atoms with Gasteiger partial charge in [-0.2, -0.15) is 0 Å². The number of hydrogen-bond acceptors (Lipinski definition) is 4. The molecule has 0 amide bonds. The lowest BCUT2D eigenvalue weighted by Crippen LogP contribution is -2.05. The minimum absolute atomic E-state index is 0.0210. The first-order chi connectivity index (χ1) is 9.69. The number of aliphatic hydroxyl groups excluding tert-OH is 1. The third-order valence-electron chi connectivity index (χ3n) is 3.23. The molecule has 0 aliphatic carbocycles. The Bertz CT molecular complexity index is 605. The Morgan fingerprint density at radius 1 is 1.35 bits per heavy atom. The molecule has 1 aromatic carbocycles. The summed E-state index contributed by atoms with van der Waals surface area (Å²) in [6.45, 7) is 4.97. The molecule has 0 spiro atoms. The molecule has 1 aromatic heterocycles. The standard InChI is InChI=1S/C15H18N2O2S/c1-10(2)19-12-5-3-11(4-6-12)14-13(9-18)17-7-8-20-15(17)16-14/h3-6,10,18H,7-9H2,1-2H3. The number of rotatable bonds is 4. The van der Waals surface area contributed by atoms with Crippen molar-refractivity contribution in [1.82, 2.24) is 9.55 Å². The van der Waals surface area contributed by atoms with Crippen LogP contribution < -0.4 is 4.74 Å².